The van der Waals surface area contributed by atoms with Crippen molar-refractivity contribution in [2.45, 2.75) is 11.5 Å². The van der Waals surface area contributed by atoms with Crippen molar-refractivity contribution < 1.29 is 4.39 Å². The molecular weight excluding hydrogens is 299 g/mol. The molecule has 0 saturated heterocycles. The van der Waals surface area contributed by atoms with Crippen molar-refractivity contribution in [1.29, 1.82) is 0 Å². The first-order valence-electron chi connectivity index (χ1n) is 5.31. The standard InChI is InChI=1S/C14H12BrFS/c15-13-8-12(6-7-14(13)16)10-17-9-11-4-2-1-3-5-11/h1-8H,9-10H2. The van der Waals surface area contributed by atoms with E-state index < -0.39 is 0 Å². The molecule has 0 heterocycles. The lowest BCUT2D eigenvalue weighted by Gasteiger charge is -2.03. The Hall–Kier alpha value is -0.800. The van der Waals surface area contributed by atoms with Gasteiger partial charge in [0.1, 0.15) is 5.82 Å². The van der Waals surface area contributed by atoms with Crippen molar-refractivity contribution in [1.82, 2.24) is 0 Å². The second kappa shape index (κ2) is 6.22. The molecule has 0 N–H and O–H groups in total. The Balaban J connectivity index is 1.88. The summed E-state index contributed by atoms with van der Waals surface area (Å²) in [4.78, 5) is 0. The van der Waals surface area contributed by atoms with Crippen LogP contribution >= 0.6 is 27.7 Å². The molecule has 88 valence electrons. The van der Waals surface area contributed by atoms with Gasteiger partial charge in [-0.3, -0.25) is 0 Å². The van der Waals surface area contributed by atoms with Gasteiger partial charge in [0, 0.05) is 11.5 Å². The summed E-state index contributed by atoms with van der Waals surface area (Å²) in [7, 11) is 0. The van der Waals surface area contributed by atoms with E-state index in [2.05, 4.69) is 28.1 Å². The number of hydrogen-bond acceptors (Lipinski definition) is 1. The molecule has 0 bridgehead atoms. The van der Waals surface area contributed by atoms with Gasteiger partial charge in [0.2, 0.25) is 0 Å². The van der Waals surface area contributed by atoms with E-state index in [1.165, 1.54) is 11.6 Å². The summed E-state index contributed by atoms with van der Waals surface area (Å²) < 4.78 is 13.6. The normalized spacial score (nSPS) is 10.5. The third-order valence-electron chi connectivity index (χ3n) is 2.36. The Bertz CT molecular complexity index is 485. The molecule has 0 aromatic heterocycles. The van der Waals surface area contributed by atoms with Crippen LogP contribution in [0.25, 0.3) is 0 Å². The van der Waals surface area contributed by atoms with E-state index in [0.717, 1.165) is 17.1 Å². The first-order valence-corrected chi connectivity index (χ1v) is 7.26. The average Bonchev–Trinajstić information content (AvgIpc) is 2.35. The van der Waals surface area contributed by atoms with E-state index in [1.54, 1.807) is 0 Å². The highest BCUT2D eigenvalue weighted by Crippen LogP contribution is 2.22. The maximum atomic E-state index is 13.0. The summed E-state index contributed by atoms with van der Waals surface area (Å²) in [6.45, 7) is 0. The van der Waals surface area contributed by atoms with Crippen molar-refractivity contribution in [3.63, 3.8) is 0 Å². The molecule has 0 saturated carbocycles. The molecule has 0 amide bonds. The predicted molar refractivity (Wildman–Crippen MR) is 75.5 cm³/mol. The molecular formula is C14H12BrFS. The van der Waals surface area contributed by atoms with Gasteiger partial charge >= 0.3 is 0 Å². The highest BCUT2D eigenvalue weighted by atomic mass is 79.9. The fourth-order valence-corrected chi connectivity index (χ4v) is 2.86. The van der Waals surface area contributed by atoms with Crippen LogP contribution in [-0.4, -0.2) is 0 Å². The van der Waals surface area contributed by atoms with Crippen molar-refractivity contribution in [3.05, 3.63) is 69.9 Å². The van der Waals surface area contributed by atoms with Gasteiger partial charge in [-0.1, -0.05) is 36.4 Å². The molecule has 0 fully saturated rings. The van der Waals surface area contributed by atoms with Crippen LogP contribution in [0.4, 0.5) is 4.39 Å². The largest absolute Gasteiger partial charge is 0.206 e. The zero-order chi connectivity index (χ0) is 12.1. The Morgan fingerprint density at radius 1 is 0.941 bits per heavy atom. The second-order valence-electron chi connectivity index (χ2n) is 3.73. The van der Waals surface area contributed by atoms with Crippen LogP contribution in [0.5, 0.6) is 0 Å². The fraction of sp³-hybridized carbons (Fsp3) is 0.143. The van der Waals surface area contributed by atoms with Gasteiger partial charge in [-0.2, -0.15) is 11.8 Å². The number of thioether (sulfide) groups is 1. The van der Waals surface area contributed by atoms with E-state index in [0.29, 0.717) is 4.47 Å². The molecule has 0 aliphatic carbocycles. The van der Waals surface area contributed by atoms with E-state index in [1.807, 2.05) is 42.1 Å². The van der Waals surface area contributed by atoms with Crippen molar-refractivity contribution in [2.75, 3.05) is 0 Å². The molecule has 0 spiro atoms. The topological polar surface area (TPSA) is 0 Å². The fourth-order valence-electron chi connectivity index (χ4n) is 1.49. The van der Waals surface area contributed by atoms with Crippen LogP contribution < -0.4 is 0 Å². The molecule has 2 aromatic rings. The minimum Gasteiger partial charge on any atom is -0.206 e. The van der Waals surface area contributed by atoms with Gasteiger partial charge in [-0.15, -0.1) is 0 Å². The molecule has 0 radical (unpaired) electrons. The van der Waals surface area contributed by atoms with Crippen LogP contribution in [0, 0.1) is 5.82 Å². The summed E-state index contributed by atoms with van der Waals surface area (Å²) in [5.74, 6) is 1.67. The van der Waals surface area contributed by atoms with Crippen LogP contribution in [-0.2, 0) is 11.5 Å². The zero-order valence-corrected chi connectivity index (χ0v) is 11.6. The molecule has 0 atom stereocenters. The minimum atomic E-state index is -0.207. The molecule has 0 aliphatic rings. The summed E-state index contributed by atoms with van der Waals surface area (Å²) in [5.41, 5.74) is 2.46. The summed E-state index contributed by atoms with van der Waals surface area (Å²) in [6.07, 6.45) is 0. The first-order chi connectivity index (χ1) is 8.25. The third kappa shape index (κ3) is 3.86. The summed E-state index contributed by atoms with van der Waals surface area (Å²) >= 11 is 5.03. The summed E-state index contributed by atoms with van der Waals surface area (Å²) in [5, 5.41) is 0. The van der Waals surface area contributed by atoms with Crippen molar-refractivity contribution in [3.8, 4) is 0 Å². The van der Waals surface area contributed by atoms with E-state index >= 15 is 0 Å². The number of benzene rings is 2. The lowest BCUT2D eigenvalue weighted by atomic mass is 10.2. The monoisotopic (exact) mass is 310 g/mol. The second-order valence-corrected chi connectivity index (χ2v) is 5.57. The van der Waals surface area contributed by atoms with Gasteiger partial charge in [-0.05, 0) is 39.2 Å². The molecule has 0 unspecified atom stereocenters. The molecule has 17 heavy (non-hydrogen) atoms. The maximum Gasteiger partial charge on any atom is 0.137 e. The molecule has 0 nitrogen and oxygen atoms in total. The Morgan fingerprint density at radius 3 is 2.35 bits per heavy atom. The zero-order valence-electron chi connectivity index (χ0n) is 9.20. The maximum absolute atomic E-state index is 13.0. The average molecular weight is 311 g/mol. The number of rotatable bonds is 4. The van der Waals surface area contributed by atoms with Gasteiger partial charge in [-0.25, -0.2) is 4.39 Å². The quantitative estimate of drug-likeness (QED) is 0.764. The van der Waals surface area contributed by atoms with Gasteiger partial charge < -0.3 is 0 Å². The molecule has 2 rings (SSSR count). The van der Waals surface area contributed by atoms with E-state index in [4.69, 9.17) is 0 Å². The number of hydrogen-bond donors (Lipinski definition) is 0. The highest BCUT2D eigenvalue weighted by Gasteiger charge is 2.00. The van der Waals surface area contributed by atoms with Crippen molar-refractivity contribution >= 4 is 27.7 Å². The van der Waals surface area contributed by atoms with Crippen LogP contribution in [0.1, 0.15) is 11.1 Å². The van der Waals surface area contributed by atoms with E-state index in [-0.39, 0.29) is 5.82 Å². The van der Waals surface area contributed by atoms with Gasteiger partial charge in [0.05, 0.1) is 4.47 Å². The Labute approximate surface area is 113 Å². The molecule has 0 aliphatic heterocycles. The molecule has 3 heteroatoms. The van der Waals surface area contributed by atoms with Crippen LogP contribution in [0.2, 0.25) is 0 Å². The van der Waals surface area contributed by atoms with E-state index in [9.17, 15) is 4.39 Å². The smallest absolute Gasteiger partial charge is 0.137 e. The Kier molecular flexibility index (Phi) is 4.63. The van der Waals surface area contributed by atoms with Crippen LogP contribution in [0.15, 0.2) is 53.0 Å². The number of halogens is 2. The lowest BCUT2D eigenvalue weighted by Crippen LogP contribution is -1.85. The lowest BCUT2D eigenvalue weighted by molar-refractivity contribution is 0.620. The predicted octanol–water partition coefficient (Wildman–Crippen LogP) is 5.02. The first kappa shape index (κ1) is 12.7. The third-order valence-corrected chi connectivity index (χ3v) is 4.05. The Morgan fingerprint density at radius 2 is 1.65 bits per heavy atom. The highest BCUT2D eigenvalue weighted by molar-refractivity contribution is 9.10. The SMILES string of the molecule is Fc1ccc(CSCc2ccccc2)cc1Br. The van der Waals surface area contributed by atoms with Crippen molar-refractivity contribution in [2.24, 2.45) is 0 Å². The molecule has 2 aromatic carbocycles. The minimum absolute atomic E-state index is 0.207. The van der Waals surface area contributed by atoms with Gasteiger partial charge in [0.25, 0.3) is 0 Å². The van der Waals surface area contributed by atoms with Crippen LogP contribution in [0.3, 0.4) is 0 Å². The summed E-state index contributed by atoms with van der Waals surface area (Å²) in [6, 6.07) is 15.5. The van der Waals surface area contributed by atoms with Gasteiger partial charge in [0.15, 0.2) is 0 Å².